The Kier molecular flexibility index (Phi) is 4.15. The molecule has 0 fully saturated rings. The summed E-state index contributed by atoms with van der Waals surface area (Å²) in [6, 6.07) is 1.46. The predicted octanol–water partition coefficient (Wildman–Crippen LogP) is 1.69. The number of pyridine rings is 1. The second-order valence-electron chi connectivity index (χ2n) is 3.62. The van der Waals surface area contributed by atoms with Crippen LogP contribution >= 0.6 is 0 Å². The largest absolute Gasteiger partial charge is 0.481 e. The van der Waals surface area contributed by atoms with E-state index < -0.39 is 5.82 Å². The van der Waals surface area contributed by atoms with E-state index in [1.807, 2.05) is 0 Å². The van der Waals surface area contributed by atoms with Crippen LogP contribution in [0, 0.1) is 5.82 Å². The van der Waals surface area contributed by atoms with Gasteiger partial charge in [0.05, 0.1) is 43.7 Å². The van der Waals surface area contributed by atoms with Crippen LogP contribution in [0.5, 0.6) is 5.88 Å². The third-order valence-electron chi connectivity index (χ3n) is 2.38. The molecule has 2 aromatic heterocycles. The van der Waals surface area contributed by atoms with Gasteiger partial charge in [-0.05, 0) is 6.08 Å². The minimum atomic E-state index is -0.492. The number of aromatic nitrogens is 3. The summed E-state index contributed by atoms with van der Waals surface area (Å²) in [6.45, 7) is -0.0698. The van der Waals surface area contributed by atoms with Gasteiger partial charge in [-0.3, -0.25) is 9.97 Å². The molecule has 0 atom stereocenters. The molecule has 6 heteroatoms. The van der Waals surface area contributed by atoms with Gasteiger partial charge < -0.3 is 9.84 Å². The average Bonchev–Trinajstić information content (AvgIpc) is 2.46. The fourth-order valence-electron chi connectivity index (χ4n) is 1.46. The van der Waals surface area contributed by atoms with E-state index >= 15 is 0 Å². The summed E-state index contributed by atoms with van der Waals surface area (Å²) < 4.78 is 18.6. The molecule has 0 radical (unpaired) electrons. The van der Waals surface area contributed by atoms with Crippen LogP contribution in [0.25, 0.3) is 17.3 Å². The molecule has 5 nitrogen and oxygen atoms in total. The van der Waals surface area contributed by atoms with Gasteiger partial charge in [0.1, 0.15) is 0 Å². The van der Waals surface area contributed by atoms with Gasteiger partial charge in [-0.15, -0.1) is 0 Å². The summed E-state index contributed by atoms with van der Waals surface area (Å²) in [7, 11) is 1.46. The van der Waals surface area contributed by atoms with E-state index in [1.54, 1.807) is 12.2 Å². The van der Waals surface area contributed by atoms with E-state index in [9.17, 15) is 4.39 Å². The predicted molar refractivity (Wildman–Crippen MR) is 67.9 cm³/mol. The summed E-state index contributed by atoms with van der Waals surface area (Å²) in [5.74, 6) is -0.184. The van der Waals surface area contributed by atoms with Gasteiger partial charge in [-0.1, -0.05) is 6.08 Å². The summed E-state index contributed by atoms with van der Waals surface area (Å²) >= 11 is 0. The van der Waals surface area contributed by atoms with Crippen LogP contribution in [0.4, 0.5) is 4.39 Å². The van der Waals surface area contributed by atoms with Crippen LogP contribution in [0.3, 0.4) is 0 Å². The fraction of sp³-hybridized carbons (Fsp3) is 0.154. The molecule has 0 aliphatic heterocycles. The van der Waals surface area contributed by atoms with E-state index in [0.717, 1.165) is 6.20 Å². The number of aliphatic hydroxyl groups is 1. The molecule has 1 N–H and O–H groups in total. The molecule has 0 bridgehead atoms. The quantitative estimate of drug-likeness (QED) is 0.907. The monoisotopic (exact) mass is 261 g/mol. The third-order valence-corrected chi connectivity index (χ3v) is 2.38. The Hall–Kier alpha value is -2.34. The molecule has 2 heterocycles. The maximum Gasteiger partial charge on any atom is 0.213 e. The van der Waals surface area contributed by atoms with E-state index in [1.165, 1.54) is 25.6 Å². The zero-order valence-electron chi connectivity index (χ0n) is 10.2. The maximum absolute atomic E-state index is 13.7. The highest BCUT2D eigenvalue weighted by Crippen LogP contribution is 2.23. The molecule has 0 unspecified atom stereocenters. The lowest BCUT2D eigenvalue weighted by Gasteiger charge is -2.04. The van der Waals surface area contributed by atoms with Crippen molar-refractivity contribution in [2.75, 3.05) is 13.7 Å². The zero-order valence-corrected chi connectivity index (χ0v) is 10.2. The highest BCUT2D eigenvalue weighted by atomic mass is 19.1. The molecule has 0 spiro atoms. The van der Waals surface area contributed by atoms with Crippen molar-refractivity contribution in [2.24, 2.45) is 0 Å². The van der Waals surface area contributed by atoms with Gasteiger partial charge in [-0.2, -0.15) is 0 Å². The number of hydrogen-bond acceptors (Lipinski definition) is 5. The van der Waals surface area contributed by atoms with E-state index in [2.05, 4.69) is 15.0 Å². The molecule has 0 aliphatic rings. The Labute approximate surface area is 109 Å². The first kappa shape index (κ1) is 13.1. The number of ether oxygens (including phenoxy) is 1. The summed E-state index contributed by atoms with van der Waals surface area (Å²) in [5, 5.41) is 8.65. The SMILES string of the molecule is COc1cc(-c2cnc(C=CCO)cn2)c(F)cn1. The smallest absolute Gasteiger partial charge is 0.213 e. The Bertz CT molecular complexity index is 585. The van der Waals surface area contributed by atoms with Crippen LogP contribution in [-0.2, 0) is 0 Å². The van der Waals surface area contributed by atoms with Crippen LogP contribution in [-0.4, -0.2) is 33.8 Å². The molecule has 2 rings (SSSR count). The first-order valence-corrected chi connectivity index (χ1v) is 5.54. The van der Waals surface area contributed by atoms with Crippen LogP contribution in [0.2, 0.25) is 0 Å². The highest BCUT2D eigenvalue weighted by molar-refractivity contribution is 5.60. The number of hydrogen-bond donors (Lipinski definition) is 1. The van der Waals surface area contributed by atoms with Gasteiger partial charge in [0.2, 0.25) is 5.88 Å². The lowest BCUT2D eigenvalue weighted by Crippen LogP contribution is -1.94. The second kappa shape index (κ2) is 6.01. The van der Waals surface area contributed by atoms with Gasteiger partial charge in [0, 0.05) is 11.6 Å². The molecular weight excluding hydrogens is 249 g/mol. The summed E-state index contributed by atoms with van der Waals surface area (Å²) in [5.41, 5.74) is 1.25. The molecule has 0 saturated heterocycles. The molecule has 19 heavy (non-hydrogen) atoms. The Morgan fingerprint density at radius 3 is 2.74 bits per heavy atom. The van der Waals surface area contributed by atoms with Gasteiger partial charge in [0.15, 0.2) is 5.82 Å². The number of rotatable bonds is 4. The van der Waals surface area contributed by atoms with Crippen LogP contribution < -0.4 is 4.74 Å². The van der Waals surface area contributed by atoms with Crippen LogP contribution in [0.15, 0.2) is 30.7 Å². The fourth-order valence-corrected chi connectivity index (χ4v) is 1.46. The minimum absolute atomic E-state index is 0.0698. The number of halogens is 1. The van der Waals surface area contributed by atoms with Crippen molar-refractivity contribution in [3.8, 4) is 17.1 Å². The first-order valence-electron chi connectivity index (χ1n) is 5.54. The van der Waals surface area contributed by atoms with E-state index in [4.69, 9.17) is 9.84 Å². The molecular formula is C13H12FN3O2. The highest BCUT2D eigenvalue weighted by Gasteiger charge is 2.09. The Balaban J connectivity index is 2.34. The van der Waals surface area contributed by atoms with E-state index in [-0.39, 0.29) is 12.2 Å². The van der Waals surface area contributed by atoms with Gasteiger partial charge >= 0.3 is 0 Å². The van der Waals surface area contributed by atoms with Crippen molar-refractivity contribution in [2.45, 2.75) is 0 Å². The van der Waals surface area contributed by atoms with Crippen LogP contribution in [0.1, 0.15) is 5.69 Å². The van der Waals surface area contributed by atoms with Crippen molar-refractivity contribution in [3.63, 3.8) is 0 Å². The Morgan fingerprint density at radius 1 is 1.26 bits per heavy atom. The number of nitrogens with zero attached hydrogens (tertiary/aromatic N) is 3. The lowest BCUT2D eigenvalue weighted by atomic mass is 10.2. The number of aliphatic hydroxyl groups excluding tert-OH is 1. The Morgan fingerprint density at radius 2 is 2.11 bits per heavy atom. The summed E-state index contributed by atoms with van der Waals surface area (Å²) in [6.07, 6.45) is 7.19. The lowest BCUT2D eigenvalue weighted by molar-refractivity contribution is 0.343. The van der Waals surface area contributed by atoms with Crippen molar-refractivity contribution in [1.29, 1.82) is 0 Å². The van der Waals surface area contributed by atoms with Crippen molar-refractivity contribution in [3.05, 3.63) is 42.2 Å². The molecule has 0 aliphatic carbocycles. The standard InChI is InChI=1S/C13H12FN3O2/c1-19-13-5-10(11(14)7-17-13)12-8-15-9(6-16-12)3-2-4-18/h2-3,5-8,18H,4H2,1H3. The third kappa shape index (κ3) is 3.11. The second-order valence-corrected chi connectivity index (χ2v) is 3.62. The molecule has 2 aromatic rings. The van der Waals surface area contributed by atoms with Crippen molar-refractivity contribution >= 4 is 6.08 Å². The molecule has 0 saturated carbocycles. The number of methoxy groups -OCH3 is 1. The van der Waals surface area contributed by atoms with E-state index in [0.29, 0.717) is 17.3 Å². The normalized spacial score (nSPS) is 10.9. The van der Waals surface area contributed by atoms with Crippen molar-refractivity contribution < 1.29 is 14.2 Å². The topological polar surface area (TPSA) is 68.1 Å². The molecule has 0 aromatic carbocycles. The zero-order chi connectivity index (χ0) is 13.7. The van der Waals surface area contributed by atoms with Crippen molar-refractivity contribution in [1.82, 2.24) is 15.0 Å². The summed E-state index contributed by atoms with van der Waals surface area (Å²) in [4.78, 5) is 12.0. The molecule has 98 valence electrons. The minimum Gasteiger partial charge on any atom is -0.481 e. The first-order chi connectivity index (χ1) is 9.24. The van der Waals surface area contributed by atoms with Gasteiger partial charge in [0.25, 0.3) is 0 Å². The molecule has 0 amide bonds. The maximum atomic E-state index is 13.7. The average molecular weight is 261 g/mol. The van der Waals surface area contributed by atoms with Gasteiger partial charge in [-0.25, -0.2) is 9.37 Å².